The Hall–Kier alpha value is -3.85. The van der Waals surface area contributed by atoms with Crippen molar-refractivity contribution in [3.05, 3.63) is 48.2 Å². The van der Waals surface area contributed by atoms with Gasteiger partial charge in [0.05, 0.1) is 11.3 Å². The number of piperazine rings is 1. The first-order valence-corrected chi connectivity index (χ1v) is 12.0. The minimum Gasteiger partial charge on any atom is -0.382 e. The molecule has 186 valence electrons. The van der Waals surface area contributed by atoms with Gasteiger partial charge in [0, 0.05) is 74.7 Å². The zero-order valence-electron chi connectivity index (χ0n) is 19.8. The van der Waals surface area contributed by atoms with Crippen LogP contribution in [0.5, 0.6) is 0 Å². The number of aliphatic hydroxyl groups is 1. The molecule has 2 fully saturated rings. The van der Waals surface area contributed by atoms with Crippen LogP contribution in [0.4, 0.5) is 5.82 Å². The second-order valence-electron chi connectivity index (χ2n) is 9.25. The number of hydrogen-bond acceptors (Lipinski definition) is 9. The van der Waals surface area contributed by atoms with Crippen LogP contribution in [0.1, 0.15) is 30.7 Å². The maximum atomic E-state index is 11.0. The Kier molecular flexibility index (Phi) is 6.65. The molecule has 11 heteroatoms. The minimum absolute atomic E-state index is 0.347. The highest BCUT2D eigenvalue weighted by Gasteiger charge is 2.34. The summed E-state index contributed by atoms with van der Waals surface area (Å²) in [6.07, 6.45) is 7.36. The Labute approximate surface area is 208 Å². The largest absolute Gasteiger partial charge is 0.382 e. The summed E-state index contributed by atoms with van der Waals surface area (Å²) in [4.78, 5) is 31.5. The lowest BCUT2D eigenvalue weighted by Crippen LogP contribution is -2.46. The summed E-state index contributed by atoms with van der Waals surface area (Å²) in [5.41, 5.74) is 2.41. The smallest absolute Gasteiger partial charge is 0.209 e. The second-order valence-corrected chi connectivity index (χ2v) is 9.25. The van der Waals surface area contributed by atoms with Gasteiger partial charge in [0.15, 0.2) is 5.82 Å². The van der Waals surface area contributed by atoms with Gasteiger partial charge in [0.1, 0.15) is 17.5 Å². The van der Waals surface area contributed by atoms with Gasteiger partial charge >= 0.3 is 0 Å². The summed E-state index contributed by atoms with van der Waals surface area (Å²) in [5.74, 6) is 1.10. The van der Waals surface area contributed by atoms with E-state index in [9.17, 15) is 20.4 Å². The number of carbonyl (C=O) groups excluding carboxylic acids is 1. The standard InChI is InChI=1S/C25H28N8O3/c26-14-19-13-22(30-23(19)32-10-8-31(17-34)9-11-32)18-2-5-27-21(12-18)20-15-28-24(29-16-20)25(35)3-1-6-33(36)7-4-25/h2,5,12-13,15-17,30,35-36H,1,3-4,6-11H2. The number of rotatable bonds is 5. The Morgan fingerprint density at radius 1 is 1.03 bits per heavy atom. The summed E-state index contributed by atoms with van der Waals surface area (Å²) in [7, 11) is 0. The van der Waals surface area contributed by atoms with Crippen molar-refractivity contribution >= 4 is 12.2 Å². The third-order valence-electron chi connectivity index (χ3n) is 6.92. The molecule has 1 amide bonds. The highest BCUT2D eigenvalue weighted by molar-refractivity contribution is 5.72. The topological polar surface area (TPSA) is 145 Å². The molecule has 0 radical (unpaired) electrons. The van der Waals surface area contributed by atoms with Crippen molar-refractivity contribution in [2.24, 2.45) is 0 Å². The van der Waals surface area contributed by atoms with E-state index in [0.29, 0.717) is 81.2 Å². The number of aromatic nitrogens is 4. The van der Waals surface area contributed by atoms with Crippen molar-refractivity contribution in [1.82, 2.24) is 29.9 Å². The van der Waals surface area contributed by atoms with Gasteiger partial charge in [-0.25, -0.2) is 9.97 Å². The van der Waals surface area contributed by atoms with Gasteiger partial charge in [-0.1, -0.05) is 0 Å². The van der Waals surface area contributed by atoms with Gasteiger partial charge in [0.25, 0.3) is 0 Å². The Balaban J connectivity index is 1.37. The maximum Gasteiger partial charge on any atom is 0.209 e. The van der Waals surface area contributed by atoms with Gasteiger partial charge < -0.3 is 25.1 Å². The Morgan fingerprint density at radius 3 is 2.53 bits per heavy atom. The van der Waals surface area contributed by atoms with Crippen LogP contribution in [0.2, 0.25) is 0 Å². The third-order valence-corrected chi connectivity index (χ3v) is 6.92. The molecule has 3 aromatic rings. The second kappa shape index (κ2) is 10.0. The first-order valence-electron chi connectivity index (χ1n) is 12.0. The van der Waals surface area contributed by atoms with E-state index in [4.69, 9.17) is 0 Å². The number of nitriles is 1. The van der Waals surface area contributed by atoms with Crippen LogP contribution < -0.4 is 4.90 Å². The van der Waals surface area contributed by atoms with Crippen LogP contribution in [0.25, 0.3) is 22.5 Å². The molecule has 3 N–H and O–H groups in total. The Bertz CT molecular complexity index is 1260. The molecule has 0 bridgehead atoms. The van der Waals surface area contributed by atoms with Crippen LogP contribution in [0.3, 0.4) is 0 Å². The quantitative estimate of drug-likeness (QED) is 0.457. The van der Waals surface area contributed by atoms with Crippen LogP contribution in [0, 0.1) is 11.3 Å². The number of aromatic amines is 1. The van der Waals surface area contributed by atoms with Gasteiger partial charge in [-0.05, 0) is 37.5 Å². The van der Waals surface area contributed by atoms with E-state index in [2.05, 4.69) is 30.9 Å². The number of H-pyrrole nitrogens is 1. The molecule has 11 nitrogen and oxygen atoms in total. The van der Waals surface area contributed by atoms with Crippen LogP contribution in [-0.2, 0) is 10.4 Å². The first kappa shape index (κ1) is 23.9. The Morgan fingerprint density at radius 2 is 1.81 bits per heavy atom. The van der Waals surface area contributed by atoms with E-state index >= 15 is 0 Å². The summed E-state index contributed by atoms with van der Waals surface area (Å²) in [6.45, 7) is 3.42. The molecule has 0 spiro atoms. The lowest BCUT2D eigenvalue weighted by atomic mass is 9.94. The molecule has 2 aliphatic heterocycles. The maximum absolute atomic E-state index is 11.0. The SMILES string of the molecule is N#Cc1cc(-c2ccnc(-c3cnc(C4(O)CCCN(O)CC4)nc3)c2)[nH]c1N1CCN(C=O)CC1. The molecule has 1 unspecified atom stereocenters. The van der Waals surface area contributed by atoms with Crippen molar-refractivity contribution in [3.8, 4) is 28.6 Å². The van der Waals surface area contributed by atoms with Crippen molar-refractivity contribution in [2.45, 2.75) is 24.9 Å². The van der Waals surface area contributed by atoms with Gasteiger partial charge in [-0.2, -0.15) is 10.3 Å². The van der Waals surface area contributed by atoms with Crippen molar-refractivity contribution in [3.63, 3.8) is 0 Å². The van der Waals surface area contributed by atoms with Crippen LogP contribution in [-0.4, -0.2) is 85.9 Å². The zero-order valence-corrected chi connectivity index (χ0v) is 19.8. The zero-order chi connectivity index (χ0) is 25.1. The summed E-state index contributed by atoms with van der Waals surface area (Å²) < 4.78 is 0. The molecule has 2 saturated heterocycles. The van der Waals surface area contributed by atoms with Gasteiger partial charge in [0.2, 0.25) is 6.41 Å². The monoisotopic (exact) mass is 488 g/mol. The highest BCUT2D eigenvalue weighted by atomic mass is 16.5. The fourth-order valence-corrected chi connectivity index (χ4v) is 4.77. The van der Waals surface area contributed by atoms with Crippen LogP contribution >= 0.6 is 0 Å². The molecule has 3 aromatic heterocycles. The van der Waals surface area contributed by atoms with Gasteiger partial charge in [-0.3, -0.25) is 9.78 Å². The van der Waals surface area contributed by atoms with Gasteiger partial charge in [-0.15, -0.1) is 0 Å². The summed E-state index contributed by atoms with van der Waals surface area (Å²) in [6, 6.07) is 7.87. The predicted octanol–water partition coefficient (Wildman–Crippen LogP) is 1.75. The van der Waals surface area contributed by atoms with Crippen molar-refractivity contribution in [2.75, 3.05) is 44.2 Å². The molecular weight excluding hydrogens is 460 g/mol. The lowest BCUT2D eigenvalue weighted by molar-refractivity contribution is -0.118. The summed E-state index contributed by atoms with van der Waals surface area (Å²) in [5, 5.41) is 31.7. The molecule has 36 heavy (non-hydrogen) atoms. The van der Waals surface area contributed by atoms with E-state index in [1.54, 1.807) is 23.5 Å². The minimum atomic E-state index is -1.17. The number of amides is 1. The van der Waals surface area contributed by atoms with E-state index in [1.165, 1.54) is 5.06 Å². The number of carbonyl (C=O) groups is 1. The molecule has 1 atom stereocenters. The average molecular weight is 489 g/mol. The molecule has 2 aliphatic rings. The average Bonchev–Trinajstić information content (AvgIpc) is 3.28. The highest BCUT2D eigenvalue weighted by Crippen LogP contribution is 2.32. The fourth-order valence-electron chi connectivity index (χ4n) is 4.77. The fraction of sp³-hybridized carbons (Fsp3) is 0.400. The number of nitrogens with zero attached hydrogens (tertiary/aromatic N) is 7. The number of nitrogens with one attached hydrogen (secondary N) is 1. The molecule has 5 rings (SSSR count). The summed E-state index contributed by atoms with van der Waals surface area (Å²) >= 11 is 0. The number of pyridine rings is 1. The van der Waals surface area contributed by atoms with E-state index in [0.717, 1.165) is 23.5 Å². The number of hydroxylamine groups is 2. The number of anilines is 1. The normalized spacial score (nSPS) is 21.1. The molecule has 0 saturated carbocycles. The first-order chi connectivity index (χ1) is 17.5. The third kappa shape index (κ3) is 4.79. The van der Waals surface area contributed by atoms with Crippen molar-refractivity contribution in [1.29, 1.82) is 5.26 Å². The molecular formula is C25H28N8O3. The lowest BCUT2D eigenvalue weighted by Gasteiger charge is -2.33. The van der Waals surface area contributed by atoms with Crippen LogP contribution in [0.15, 0.2) is 36.8 Å². The van der Waals surface area contributed by atoms with E-state index in [1.807, 2.05) is 18.2 Å². The predicted molar refractivity (Wildman–Crippen MR) is 131 cm³/mol. The molecule has 0 aliphatic carbocycles. The van der Waals surface area contributed by atoms with Crippen molar-refractivity contribution < 1.29 is 15.1 Å². The number of hydrogen-bond donors (Lipinski definition) is 3. The molecule has 5 heterocycles. The van der Waals surface area contributed by atoms with E-state index < -0.39 is 5.60 Å². The molecule has 0 aromatic carbocycles. The van der Waals surface area contributed by atoms with E-state index in [-0.39, 0.29) is 0 Å².